The van der Waals surface area contributed by atoms with Crippen molar-refractivity contribution in [2.45, 2.75) is 32.2 Å². The molecule has 0 spiro atoms. The fraction of sp³-hybridized carbons (Fsp3) is 0.600. The molecule has 1 unspecified atom stereocenters. The molecule has 0 bridgehead atoms. The standard InChI is InChI=1S/C15H23NO2S/c1-3-4-5-8-19-10-13(16-2)12-6-7-14-15(9-12)18-11-17-14/h6-7,9,13,16H,3-5,8,10-11H2,1-2H3. The van der Waals surface area contributed by atoms with Crippen molar-refractivity contribution in [1.82, 2.24) is 5.32 Å². The number of thioether (sulfide) groups is 1. The van der Waals surface area contributed by atoms with Gasteiger partial charge in [-0.2, -0.15) is 11.8 Å². The molecule has 1 N–H and O–H groups in total. The number of benzene rings is 1. The van der Waals surface area contributed by atoms with Gasteiger partial charge in [-0.3, -0.25) is 0 Å². The summed E-state index contributed by atoms with van der Waals surface area (Å²) in [6, 6.07) is 6.60. The zero-order valence-electron chi connectivity index (χ0n) is 11.8. The second-order valence-corrected chi connectivity index (χ2v) is 5.89. The molecule has 1 aromatic carbocycles. The number of unbranched alkanes of at least 4 members (excludes halogenated alkanes) is 2. The van der Waals surface area contributed by atoms with E-state index in [9.17, 15) is 0 Å². The van der Waals surface area contributed by atoms with Gasteiger partial charge in [-0.05, 0) is 36.9 Å². The summed E-state index contributed by atoms with van der Waals surface area (Å²) in [5.74, 6) is 4.07. The van der Waals surface area contributed by atoms with Crippen molar-refractivity contribution in [2.75, 3.05) is 25.3 Å². The van der Waals surface area contributed by atoms with Gasteiger partial charge in [0, 0.05) is 11.8 Å². The van der Waals surface area contributed by atoms with Crippen molar-refractivity contribution in [3.05, 3.63) is 23.8 Å². The predicted molar refractivity (Wildman–Crippen MR) is 81.2 cm³/mol. The highest BCUT2D eigenvalue weighted by Crippen LogP contribution is 2.34. The van der Waals surface area contributed by atoms with Crippen molar-refractivity contribution in [3.8, 4) is 11.5 Å². The van der Waals surface area contributed by atoms with E-state index in [0.29, 0.717) is 12.8 Å². The Bertz CT molecular complexity index is 398. The van der Waals surface area contributed by atoms with Crippen LogP contribution < -0.4 is 14.8 Å². The van der Waals surface area contributed by atoms with Crippen LogP contribution in [0.3, 0.4) is 0 Å². The van der Waals surface area contributed by atoms with E-state index < -0.39 is 0 Å². The van der Waals surface area contributed by atoms with Crippen LogP contribution in [0.1, 0.15) is 37.8 Å². The third kappa shape index (κ3) is 4.05. The van der Waals surface area contributed by atoms with Gasteiger partial charge < -0.3 is 14.8 Å². The Morgan fingerprint density at radius 3 is 2.89 bits per heavy atom. The average Bonchev–Trinajstić information content (AvgIpc) is 2.90. The van der Waals surface area contributed by atoms with Gasteiger partial charge in [-0.1, -0.05) is 25.8 Å². The van der Waals surface area contributed by atoms with Gasteiger partial charge in [0.05, 0.1) is 0 Å². The smallest absolute Gasteiger partial charge is 0.231 e. The van der Waals surface area contributed by atoms with E-state index >= 15 is 0 Å². The van der Waals surface area contributed by atoms with E-state index in [2.05, 4.69) is 24.4 Å². The molecule has 0 aromatic heterocycles. The number of hydrogen-bond donors (Lipinski definition) is 1. The minimum atomic E-state index is 0.342. The van der Waals surface area contributed by atoms with E-state index in [1.165, 1.54) is 30.6 Å². The highest BCUT2D eigenvalue weighted by molar-refractivity contribution is 7.99. The molecule has 4 heteroatoms. The van der Waals surface area contributed by atoms with Crippen molar-refractivity contribution in [2.24, 2.45) is 0 Å². The molecule has 106 valence electrons. The van der Waals surface area contributed by atoms with E-state index in [1.54, 1.807) is 0 Å². The lowest BCUT2D eigenvalue weighted by Gasteiger charge is -2.16. The molecular formula is C15H23NO2S. The van der Waals surface area contributed by atoms with Crippen molar-refractivity contribution < 1.29 is 9.47 Å². The predicted octanol–water partition coefficient (Wildman–Crippen LogP) is 3.60. The molecule has 0 radical (unpaired) electrons. The van der Waals surface area contributed by atoms with Crippen LogP contribution in [0, 0.1) is 0 Å². The number of nitrogens with one attached hydrogen (secondary N) is 1. The summed E-state index contributed by atoms with van der Waals surface area (Å²) in [4.78, 5) is 0. The van der Waals surface area contributed by atoms with Crippen LogP contribution in [0.25, 0.3) is 0 Å². The maximum atomic E-state index is 5.43. The fourth-order valence-corrected chi connectivity index (χ4v) is 3.30. The SMILES string of the molecule is CCCCCSCC(NC)c1ccc2c(c1)OCO2. The molecular weight excluding hydrogens is 258 g/mol. The lowest BCUT2D eigenvalue weighted by atomic mass is 10.1. The first-order valence-corrected chi connectivity index (χ1v) is 8.15. The zero-order valence-corrected chi connectivity index (χ0v) is 12.6. The van der Waals surface area contributed by atoms with E-state index in [1.807, 2.05) is 24.9 Å². The largest absolute Gasteiger partial charge is 0.454 e. The molecule has 0 aliphatic carbocycles. The average molecular weight is 281 g/mol. The van der Waals surface area contributed by atoms with Crippen molar-refractivity contribution in [3.63, 3.8) is 0 Å². The Morgan fingerprint density at radius 1 is 1.26 bits per heavy atom. The van der Waals surface area contributed by atoms with Crippen molar-refractivity contribution >= 4 is 11.8 Å². The highest BCUT2D eigenvalue weighted by Gasteiger charge is 2.16. The summed E-state index contributed by atoms with van der Waals surface area (Å²) >= 11 is 2.02. The van der Waals surface area contributed by atoms with Gasteiger partial charge in [-0.15, -0.1) is 0 Å². The fourth-order valence-electron chi connectivity index (χ4n) is 2.13. The quantitative estimate of drug-likeness (QED) is 0.738. The van der Waals surface area contributed by atoms with Crippen LogP contribution in [0.15, 0.2) is 18.2 Å². The second kappa shape index (κ2) is 7.65. The first-order chi connectivity index (χ1) is 9.35. The molecule has 3 nitrogen and oxygen atoms in total. The third-order valence-electron chi connectivity index (χ3n) is 3.32. The molecule has 0 amide bonds. The van der Waals surface area contributed by atoms with Crippen LogP contribution in [-0.2, 0) is 0 Å². The number of hydrogen-bond acceptors (Lipinski definition) is 4. The van der Waals surface area contributed by atoms with Gasteiger partial charge in [0.2, 0.25) is 6.79 Å². The van der Waals surface area contributed by atoms with Gasteiger partial charge in [-0.25, -0.2) is 0 Å². The Balaban J connectivity index is 1.86. The third-order valence-corrected chi connectivity index (χ3v) is 4.47. The summed E-state index contributed by atoms with van der Waals surface area (Å²) in [7, 11) is 2.02. The molecule has 1 aliphatic heterocycles. The normalized spacial score (nSPS) is 14.6. The summed E-state index contributed by atoms with van der Waals surface area (Å²) < 4.78 is 10.8. The van der Waals surface area contributed by atoms with Crippen LogP contribution in [-0.4, -0.2) is 25.3 Å². The number of rotatable bonds is 8. The van der Waals surface area contributed by atoms with Gasteiger partial charge >= 0.3 is 0 Å². The molecule has 0 saturated heterocycles. The lowest BCUT2D eigenvalue weighted by Crippen LogP contribution is -2.18. The number of fused-ring (bicyclic) bond motifs is 1. The van der Waals surface area contributed by atoms with E-state index in [0.717, 1.165) is 17.3 Å². The maximum absolute atomic E-state index is 5.43. The molecule has 19 heavy (non-hydrogen) atoms. The van der Waals surface area contributed by atoms with E-state index in [4.69, 9.17) is 9.47 Å². The van der Waals surface area contributed by atoms with Gasteiger partial charge in [0.25, 0.3) is 0 Å². The molecule has 0 saturated carbocycles. The first kappa shape index (κ1) is 14.5. The minimum Gasteiger partial charge on any atom is -0.454 e. The molecule has 1 aliphatic rings. The first-order valence-electron chi connectivity index (χ1n) is 6.99. The zero-order chi connectivity index (χ0) is 13.5. The molecule has 2 rings (SSSR count). The Kier molecular flexibility index (Phi) is 5.86. The molecule has 1 aromatic rings. The highest BCUT2D eigenvalue weighted by atomic mass is 32.2. The monoisotopic (exact) mass is 281 g/mol. The van der Waals surface area contributed by atoms with Crippen LogP contribution >= 0.6 is 11.8 Å². The van der Waals surface area contributed by atoms with Crippen LogP contribution in [0.2, 0.25) is 0 Å². The molecule has 1 heterocycles. The Labute approximate surface area is 120 Å². The summed E-state index contributed by atoms with van der Waals surface area (Å²) in [5.41, 5.74) is 1.27. The minimum absolute atomic E-state index is 0.342. The Hall–Kier alpha value is -0.870. The number of ether oxygens (including phenoxy) is 2. The lowest BCUT2D eigenvalue weighted by molar-refractivity contribution is 0.174. The molecule has 1 atom stereocenters. The van der Waals surface area contributed by atoms with Gasteiger partial charge in [0.1, 0.15) is 0 Å². The topological polar surface area (TPSA) is 30.5 Å². The summed E-state index contributed by atoms with van der Waals surface area (Å²) in [5, 5.41) is 3.38. The summed E-state index contributed by atoms with van der Waals surface area (Å²) in [6.45, 7) is 2.59. The Morgan fingerprint density at radius 2 is 2.11 bits per heavy atom. The van der Waals surface area contributed by atoms with Crippen molar-refractivity contribution in [1.29, 1.82) is 0 Å². The maximum Gasteiger partial charge on any atom is 0.231 e. The summed E-state index contributed by atoms with van der Waals surface area (Å²) in [6.07, 6.45) is 3.94. The van der Waals surface area contributed by atoms with E-state index in [-0.39, 0.29) is 0 Å². The van der Waals surface area contributed by atoms with Gasteiger partial charge in [0.15, 0.2) is 11.5 Å². The van der Waals surface area contributed by atoms with Crippen LogP contribution in [0.5, 0.6) is 11.5 Å². The molecule has 0 fully saturated rings. The second-order valence-electron chi connectivity index (χ2n) is 4.74. The van der Waals surface area contributed by atoms with Crippen LogP contribution in [0.4, 0.5) is 0 Å².